The lowest BCUT2D eigenvalue weighted by Crippen LogP contribution is -2.57. The number of carbonyl (C=O) groups excluding carboxylic acids is 3. The van der Waals surface area contributed by atoms with Crippen LogP contribution in [-0.4, -0.2) is 88.2 Å². The molecule has 0 radical (unpaired) electrons. The van der Waals surface area contributed by atoms with Gasteiger partial charge in [0.1, 0.15) is 23.9 Å². The van der Waals surface area contributed by atoms with E-state index in [0.717, 1.165) is 0 Å². The van der Waals surface area contributed by atoms with Crippen LogP contribution < -0.4 is 38.9 Å². The van der Waals surface area contributed by atoms with Gasteiger partial charge in [-0.15, -0.1) is 0 Å². The van der Waals surface area contributed by atoms with Gasteiger partial charge >= 0.3 is 11.9 Å². The highest BCUT2D eigenvalue weighted by Gasteiger charge is 2.30. The molecule has 16 nitrogen and oxygen atoms in total. The van der Waals surface area contributed by atoms with Crippen molar-refractivity contribution in [2.75, 3.05) is 13.1 Å². The van der Waals surface area contributed by atoms with E-state index in [2.05, 4.69) is 20.9 Å². The summed E-state index contributed by atoms with van der Waals surface area (Å²) in [5.74, 6) is -5.00. The molecule has 4 unspecified atom stereocenters. The van der Waals surface area contributed by atoms with E-state index in [-0.39, 0.29) is 43.9 Å². The fourth-order valence-electron chi connectivity index (χ4n) is 3.84. The number of benzene rings is 1. The van der Waals surface area contributed by atoms with Crippen molar-refractivity contribution in [3.05, 3.63) is 29.8 Å². The van der Waals surface area contributed by atoms with E-state index in [1.165, 1.54) is 24.3 Å². The van der Waals surface area contributed by atoms with Crippen molar-refractivity contribution in [2.45, 2.75) is 75.5 Å². The maximum Gasteiger partial charge on any atom is 0.326 e. The van der Waals surface area contributed by atoms with Gasteiger partial charge in [-0.2, -0.15) is 0 Å². The molecule has 0 saturated carbocycles. The number of hydrogen-bond donors (Lipinski definition) is 10. The zero-order chi connectivity index (χ0) is 31.7. The van der Waals surface area contributed by atoms with E-state index in [1.807, 2.05) is 0 Å². The number of nitrogens with zero attached hydrogens (tertiary/aromatic N) is 1. The smallest absolute Gasteiger partial charge is 0.326 e. The predicted octanol–water partition coefficient (Wildman–Crippen LogP) is -2.15. The second-order valence-electron chi connectivity index (χ2n) is 9.66. The van der Waals surface area contributed by atoms with Crippen LogP contribution >= 0.6 is 0 Å². The molecule has 0 aliphatic carbocycles. The molecule has 234 valence electrons. The second-order valence-corrected chi connectivity index (χ2v) is 9.66. The van der Waals surface area contributed by atoms with E-state index in [9.17, 15) is 34.2 Å². The monoisotopic (exact) mass is 594 g/mol. The first-order valence-electron chi connectivity index (χ1n) is 13.5. The molecular formula is C26H42N8O8. The standard InChI is InChI=1S/C26H42N8O8/c27-12-2-1-5-18(32-22(38)17(28)4-3-13-31-26(29)30)23(39)34-20(14-15-6-8-16(35)9-7-15)24(40)33-19(25(41)42)10-11-21(36)37/h6-9,17-20,35H,1-5,10-14,27-28H2,(H,32,38)(H,33,40)(H,34,39)(H,36,37)(H,41,42)(H4,29,30,31). The van der Waals surface area contributed by atoms with Crippen molar-refractivity contribution < 1.29 is 39.3 Å². The SMILES string of the molecule is NCCCCC(NC(=O)C(N)CCCN=C(N)N)C(=O)NC(Cc1ccc(O)cc1)C(=O)NC(CCC(=O)O)C(=O)O. The summed E-state index contributed by atoms with van der Waals surface area (Å²) in [6, 6.07) is 0.898. The number of guanidine groups is 1. The number of aliphatic carboxylic acids is 2. The largest absolute Gasteiger partial charge is 0.508 e. The fraction of sp³-hybridized carbons (Fsp3) is 0.538. The average Bonchev–Trinajstić information content (AvgIpc) is 2.92. The summed E-state index contributed by atoms with van der Waals surface area (Å²) >= 11 is 0. The third-order valence-corrected chi connectivity index (χ3v) is 6.15. The number of rotatable bonds is 20. The second kappa shape index (κ2) is 18.8. The van der Waals surface area contributed by atoms with E-state index in [0.29, 0.717) is 31.4 Å². The Bertz CT molecular complexity index is 1080. The maximum absolute atomic E-state index is 13.4. The zero-order valence-corrected chi connectivity index (χ0v) is 23.3. The Morgan fingerprint density at radius 2 is 1.38 bits per heavy atom. The quantitative estimate of drug-likeness (QED) is 0.0439. The number of nitrogens with one attached hydrogen (secondary N) is 3. The highest BCUT2D eigenvalue weighted by molar-refractivity contribution is 5.94. The molecular weight excluding hydrogens is 552 g/mol. The normalized spacial score (nSPS) is 13.6. The third-order valence-electron chi connectivity index (χ3n) is 6.15. The molecule has 1 rings (SSSR count). The number of aliphatic imine (C=N–C) groups is 1. The van der Waals surface area contributed by atoms with Gasteiger partial charge in [0.2, 0.25) is 17.7 Å². The van der Waals surface area contributed by atoms with Crippen molar-refractivity contribution in [2.24, 2.45) is 27.9 Å². The fourth-order valence-corrected chi connectivity index (χ4v) is 3.84. The van der Waals surface area contributed by atoms with Crippen molar-refractivity contribution >= 4 is 35.6 Å². The van der Waals surface area contributed by atoms with Crippen LogP contribution in [0.3, 0.4) is 0 Å². The number of aromatic hydroxyl groups is 1. The number of phenolic OH excluding ortho intramolecular Hbond substituents is 1. The summed E-state index contributed by atoms with van der Waals surface area (Å²) in [7, 11) is 0. The number of carboxylic acid groups (broad SMARTS) is 2. The van der Waals surface area contributed by atoms with Gasteiger partial charge in [0.25, 0.3) is 0 Å². The molecule has 14 N–H and O–H groups in total. The minimum atomic E-state index is -1.52. The Kier molecular flexibility index (Phi) is 15.9. The Hall–Kier alpha value is -4.44. The molecule has 0 aliphatic heterocycles. The molecule has 42 heavy (non-hydrogen) atoms. The molecule has 0 fully saturated rings. The van der Waals surface area contributed by atoms with Crippen LogP contribution in [0.15, 0.2) is 29.3 Å². The van der Waals surface area contributed by atoms with Crippen LogP contribution in [-0.2, 0) is 30.4 Å². The topological polar surface area (TPSA) is 299 Å². The summed E-state index contributed by atoms with van der Waals surface area (Å²) in [5, 5.41) is 35.4. The average molecular weight is 595 g/mol. The summed E-state index contributed by atoms with van der Waals surface area (Å²) in [6.45, 7) is 0.618. The van der Waals surface area contributed by atoms with Gasteiger partial charge < -0.3 is 54.2 Å². The molecule has 4 atom stereocenters. The molecule has 1 aromatic carbocycles. The van der Waals surface area contributed by atoms with Gasteiger partial charge in [0.15, 0.2) is 5.96 Å². The molecule has 0 bridgehead atoms. The van der Waals surface area contributed by atoms with Gasteiger partial charge in [0.05, 0.1) is 6.04 Å². The molecule has 0 spiro atoms. The Morgan fingerprint density at radius 3 is 1.95 bits per heavy atom. The van der Waals surface area contributed by atoms with E-state index >= 15 is 0 Å². The van der Waals surface area contributed by atoms with Crippen molar-refractivity contribution in [1.82, 2.24) is 16.0 Å². The lowest BCUT2D eigenvalue weighted by molar-refractivity contribution is -0.143. The molecule has 0 saturated heterocycles. The molecule has 3 amide bonds. The number of phenols is 1. The Labute approximate surface area is 243 Å². The molecule has 0 aromatic heterocycles. The molecule has 0 heterocycles. The number of amides is 3. The summed E-state index contributed by atoms with van der Waals surface area (Å²) in [4.78, 5) is 65.7. The number of carbonyl (C=O) groups is 5. The molecule has 16 heteroatoms. The van der Waals surface area contributed by atoms with Crippen LogP contribution in [0.25, 0.3) is 0 Å². The van der Waals surface area contributed by atoms with Crippen molar-refractivity contribution in [3.8, 4) is 5.75 Å². The first-order chi connectivity index (χ1) is 19.8. The van der Waals surface area contributed by atoms with E-state index in [4.69, 9.17) is 28.0 Å². The lowest BCUT2D eigenvalue weighted by Gasteiger charge is -2.25. The minimum Gasteiger partial charge on any atom is -0.508 e. The predicted molar refractivity (Wildman–Crippen MR) is 153 cm³/mol. The first kappa shape index (κ1) is 35.6. The summed E-state index contributed by atoms with van der Waals surface area (Å²) < 4.78 is 0. The highest BCUT2D eigenvalue weighted by Crippen LogP contribution is 2.13. The Balaban J connectivity index is 3.10. The lowest BCUT2D eigenvalue weighted by atomic mass is 10.0. The van der Waals surface area contributed by atoms with Gasteiger partial charge in [-0.1, -0.05) is 12.1 Å². The molecule has 1 aromatic rings. The Morgan fingerprint density at radius 1 is 0.786 bits per heavy atom. The third kappa shape index (κ3) is 14.3. The maximum atomic E-state index is 13.4. The highest BCUT2D eigenvalue weighted by atomic mass is 16.4. The first-order valence-corrected chi connectivity index (χ1v) is 13.5. The zero-order valence-electron chi connectivity index (χ0n) is 23.3. The van der Waals surface area contributed by atoms with Gasteiger partial charge in [0, 0.05) is 19.4 Å². The van der Waals surface area contributed by atoms with E-state index < -0.39 is 60.2 Å². The number of unbranched alkanes of at least 4 members (excludes halogenated alkanes) is 1. The minimum absolute atomic E-state index is 0.0271. The van der Waals surface area contributed by atoms with E-state index in [1.54, 1.807) is 0 Å². The molecule has 0 aliphatic rings. The van der Waals surface area contributed by atoms with Crippen LogP contribution in [0.1, 0.15) is 50.5 Å². The van der Waals surface area contributed by atoms with Crippen molar-refractivity contribution in [1.29, 1.82) is 0 Å². The van der Waals surface area contributed by atoms with Crippen LogP contribution in [0.5, 0.6) is 5.75 Å². The van der Waals surface area contributed by atoms with Crippen LogP contribution in [0.2, 0.25) is 0 Å². The van der Waals surface area contributed by atoms with Gasteiger partial charge in [-0.05, 0) is 62.8 Å². The number of hydrogen-bond acceptors (Lipinski definition) is 9. The van der Waals surface area contributed by atoms with Gasteiger partial charge in [-0.25, -0.2) is 4.79 Å². The number of nitrogens with two attached hydrogens (primary N) is 4. The van der Waals surface area contributed by atoms with Crippen molar-refractivity contribution in [3.63, 3.8) is 0 Å². The summed E-state index contributed by atoms with van der Waals surface area (Å²) in [6.07, 6.45) is 0.876. The summed E-state index contributed by atoms with van der Waals surface area (Å²) in [5.41, 5.74) is 22.6. The number of carboxylic acids is 2. The van der Waals surface area contributed by atoms with Crippen LogP contribution in [0.4, 0.5) is 0 Å². The van der Waals surface area contributed by atoms with Gasteiger partial charge in [-0.3, -0.25) is 24.2 Å². The van der Waals surface area contributed by atoms with Crippen LogP contribution in [0, 0.1) is 0 Å².